The zero-order valence-electron chi connectivity index (χ0n) is 12.2. The van der Waals surface area contributed by atoms with Crippen LogP contribution >= 0.6 is 0 Å². The van der Waals surface area contributed by atoms with E-state index in [1.54, 1.807) is 0 Å². The fourth-order valence-corrected chi connectivity index (χ4v) is 2.53. The fourth-order valence-electron chi connectivity index (χ4n) is 2.53. The van der Waals surface area contributed by atoms with Crippen molar-refractivity contribution < 1.29 is 4.79 Å². The van der Waals surface area contributed by atoms with E-state index in [0.29, 0.717) is 5.92 Å². The Balaban J connectivity index is 2.37. The van der Waals surface area contributed by atoms with Crippen molar-refractivity contribution in [2.45, 2.75) is 46.1 Å². The molecule has 0 spiro atoms. The van der Waals surface area contributed by atoms with Crippen LogP contribution in [-0.2, 0) is 4.79 Å². The molecule has 4 heteroatoms. The highest BCUT2D eigenvalue weighted by Crippen LogP contribution is 2.17. The van der Waals surface area contributed by atoms with E-state index in [9.17, 15) is 4.79 Å². The number of hydrogen-bond donors (Lipinski definition) is 2. The van der Waals surface area contributed by atoms with Crippen LogP contribution in [-0.4, -0.2) is 49.6 Å². The van der Waals surface area contributed by atoms with Crippen molar-refractivity contribution in [1.29, 1.82) is 0 Å². The van der Waals surface area contributed by atoms with Crippen LogP contribution in [0.2, 0.25) is 0 Å². The second kappa shape index (κ2) is 8.48. The zero-order valence-corrected chi connectivity index (χ0v) is 12.2. The number of likely N-dealkylation sites (tertiary alicyclic amines) is 1. The van der Waals surface area contributed by atoms with Crippen LogP contribution in [0.1, 0.15) is 40.0 Å². The largest absolute Gasteiger partial charge is 0.355 e. The predicted molar refractivity (Wildman–Crippen MR) is 75.6 cm³/mol. The average molecular weight is 255 g/mol. The third-order valence-electron chi connectivity index (χ3n) is 3.71. The molecule has 0 saturated carbocycles. The van der Waals surface area contributed by atoms with Crippen molar-refractivity contribution in [2.24, 2.45) is 5.92 Å². The Morgan fingerprint density at radius 1 is 1.44 bits per heavy atom. The molecule has 0 aliphatic carbocycles. The van der Waals surface area contributed by atoms with Gasteiger partial charge in [0, 0.05) is 13.1 Å². The second-order valence-electron chi connectivity index (χ2n) is 5.28. The first-order chi connectivity index (χ1) is 8.69. The van der Waals surface area contributed by atoms with Gasteiger partial charge in [-0.05, 0) is 51.7 Å². The molecule has 2 unspecified atom stereocenters. The molecule has 0 bridgehead atoms. The van der Waals surface area contributed by atoms with Gasteiger partial charge in [0.2, 0.25) is 5.91 Å². The van der Waals surface area contributed by atoms with E-state index in [2.05, 4.69) is 29.4 Å². The van der Waals surface area contributed by atoms with Crippen LogP contribution in [0.25, 0.3) is 0 Å². The molecule has 1 saturated heterocycles. The Morgan fingerprint density at radius 3 is 2.89 bits per heavy atom. The lowest BCUT2D eigenvalue weighted by Crippen LogP contribution is -2.50. The van der Waals surface area contributed by atoms with Crippen LogP contribution in [0.5, 0.6) is 0 Å². The van der Waals surface area contributed by atoms with Crippen LogP contribution in [0.15, 0.2) is 0 Å². The lowest BCUT2D eigenvalue weighted by Gasteiger charge is -2.36. The van der Waals surface area contributed by atoms with E-state index in [0.717, 1.165) is 39.1 Å². The highest BCUT2D eigenvalue weighted by molar-refractivity contribution is 5.81. The van der Waals surface area contributed by atoms with Crippen LogP contribution in [0.3, 0.4) is 0 Å². The Morgan fingerprint density at radius 2 is 2.22 bits per heavy atom. The average Bonchev–Trinajstić information content (AvgIpc) is 2.42. The van der Waals surface area contributed by atoms with Crippen molar-refractivity contribution in [2.75, 3.05) is 32.7 Å². The molecule has 0 radical (unpaired) electrons. The number of piperidine rings is 1. The molecule has 4 nitrogen and oxygen atoms in total. The smallest absolute Gasteiger partial charge is 0.237 e. The van der Waals surface area contributed by atoms with Crippen LogP contribution in [0, 0.1) is 5.92 Å². The number of nitrogens with zero attached hydrogens (tertiary/aromatic N) is 1. The molecule has 1 heterocycles. The standard InChI is InChI=1S/C14H29N3O/c1-4-8-16-14(18)12(3)17-9-6-7-13(11-17)10-15-5-2/h12-13,15H,4-11H2,1-3H3,(H,16,18). The molecule has 1 fully saturated rings. The molecule has 1 aliphatic rings. The first-order valence-corrected chi connectivity index (χ1v) is 7.41. The summed E-state index contributed by atoms with van der Waals surface area (Å²) in [4.78, 5) is 14.3. The molecule has 1 rings (SSSR count). The van der Waals surface area contributed by atoms with Gasteiger partial charge < -0.3 is 10.6 Å². The number of amides is 1. The van der Waals surface area contributed by atoms with Crippen molar-refractivity contribution in [3.63, 3.8) is 0 Å². The van der Waals surface area contributed by atoms with E-state index in [-0.39, 0.29) is 11.9 Å². The highest BCUT2D eigenvalue weighted by Gasteiger charge is 2.26. The summed E-state index contributed by atoms with van der Waals surface area (Å²) in [7, 11) is 0. The lowest BCUT2D eigenvalue weighted by molar-refractivity contribution is -0.126. The Bertz CT molecular complexity index is 245. The summed E-state index contributed by atoms with van der Waals surface area (Å²) in [5.74, 6) is 0.876. The van der Waals surface area contributed by atoms with Crippen molar-refractivity contribution in [1.82, 2.24) is 15.5 Å². The maximum Gasteiger partial charge on any atom is 0.237 e. The lowest BCUT2D eigenvalue weighted by atomic mass is 9.96. The number of carbonyl (C=O) groups is 1. The monoisotopic (exact) mass is 255 g/mol. The molecular weight excluding hydrogens is 226 g/mol. The minimum absolute atomic E-state index is 0.0148. The molecule has 18 heavy (non-hydrogen) atoms. The van der Waals surface area contributed by atoms with E-state index in [4.69, 9.17) is 0 Å². The summed E-state index contributed by atoms with van der Waals surface area (Å²) in [5, 5.41) is 6.40. The summed E-state index contributed by atoms with van der Waals surface area (Å²) < 4.78 is 0. The normalized spacial score (nSPS) is 22.7. The second-order valence-corrected chi connectivity index (χ2v) is 5.28. The maximum atomic E-state index is 12.0. The van der Waals surface area contributed by atoms with E-state index in [1.165, 1.54) is 12.8 Å². The molecule has 0 aromatic rings. The van der Waals surface area contributed by atoms with Gasteiger partial charge in [0.25, 0.3) is 0 Å². The molecule has 106 valence electrons. The van der Waals surface area contributed by atoms with E-state index in [1.807, 2.05) is 6.92 Å². The van der Waals surface area contributed by atoms with Gasteiger partial charge in [-0.25, -0.2) is 0 Å². The van der Waals surface area contributed by atoms with E-state index < -0.39 is 0 Å². The third kappa shape index (κ3) is 4.94. The van der Waals surface area contributed by atoms with Crippen LogP contribution in [0.4, 0.5) is 0 Å². The zero-order chi connectivity index (χ0) is 13.4. The molecule has 2 atom stereocenters. The summed E-state index contributed by atoms with van der Waals surface area (Å²) >= 11 is 0. The number of nitrogens with one attached hydrogen (secondary N) is 2. The molecular formula is C14H29N3O. The summed E-state index contributed by atoms with van der Waals surface area (Å²) in [6.45, 7) is 11.3. The first-order valence-electron chi connectivity index (χ1n) is 7.41. The summed E-state index contributed by atoms with van der Waals surface area (Å²) in [6.07, 6.45) is 3.50. The number of hydrogen-bond acceptors (Lipinski definition) is 3. The van der Waals surface area contributed by atoms with Crippen molar-refractivity contribution in [3.05, 3.63) is 0 Å². The predicted octanol–water partition coefficient (Wildman–Crippen LogP) is 1.22. The van der Waals surface area contributed by atoms with Gasteiger partial charge in [0.05, 0.1) is 6.04 Å². The Labute approximate surface area is 111 Å². The molecule has 2 N–H and O–H groups in total. The summed E-state index contributed by atoms with van der Waals surface area (Å²) in [6, 6.07) is 0.0148. The van der Waals surface area contributed by atoms with Gasteiger partial charge in [0.15, 0.2) is 0 Å². The maximum absolute atomic E-state index is 12.0. The quantitative estimate of drug-likeness (QED) is 0.719. The Hall–Kier alpha value is -0.610. The van der Waals surface area contributed by atoms with Crippen molar-refractivity contribution in [3.8, 4) is 0 Å². The van der Waals surface area contributed by atoms with Gasteiger partial charge in [-0.3, -0.25) is 9.69 Å². The van der Waals surface area contributed by atoms with Crippen molar-refractivity contribution >= 4 is 5.91 Å². The first kappa shape index (κ1) is 15.4. The van der Waals surface area contributed by atoms with Gasteiger partial charge in [-0.1, -0.05) is 13.8 Å². The minimum Gasteiger partial charge on any atom is -0.355 e. The number of carbonyl (C=O) groups excluding carboxylic acids is 1. The summed E-state index contributed by atoms with van der Waals surface area (Å²) in [5.41, 5.74) is 0. The molecule has 1 aliphatic heterocycles. The third-order valence-corrected chi connectivity index (χ3v) is 3.71. The van der Waals surface area contributed by atoms with Gasteiger partial charge >= 0.3 is 0 Å². The number of rotatable bonds is 7. The molecule has 0 aromatic carbocycles. The van der Waals surface area contributed by atoms with Gasteiger partial charge in [-0.2, -0.15) is 0 Å². The van der Waals surface area contributed by atoms with E-state index >= 15 is 0 Å². The molecule has 1 amide bonds. The fraction of sp³-hybridized carbons (Fsp3) is 0.929. The minimum atomic E-state index is 0.0148. The SMILES string of the molecule is CCCNC(=O)C(C)N1CCCC(CNCC)C1. The van der Waals surface area contributed by atoms with Crippen LogP contribution < -0.4 is 10.6 Å². The van der Waals surface area contributed by atoms with Gasteiger partial charge in [-0.15, -0.1) is 0 Å². The Kier molecular flexibility index (Phi) is 7.28. The molecule has 0 aromatic heterocycles. The van der Waals surface area contributed by atoms with Gasteiger partial charge in [0.1, 0.15) is 0 Å². The topological polar surface area (TPSA) is 44.4 Å². The highest BCUT2D eigenvalue weighted by atomic mass is 16.2.